The third kappa shape index (κ3) is 4.19. The Morgan fingerprint density at radius 3 is 2.53 bits per heavy atom. The molecule has 0 spiro atoms. The summed E-state index contributed by atoms with van der Waals surface area (Å²) in [5.41, 5.74) is 3.69. The van der Waals surface area contributed by atoms with E-state index >= 15 is 0 Å². The number of hydrogen-bond acceptors (Lipinski definition) is 4. The quantitative estimate of drug-likeness (QED) is 0.294. The van der Waals surface area contributed by atoms with Crippen molar-refractivity contribution in [1.82, 2.24) is 10.3 Å². The highest BCUT2D eigenvalue weighted by molar-refractivity contribution is 9.10. The molecule has 2 atom stereocenters. The minimum absolute atomic E-state index is 0.210. The number of aromatic nitrogens is 1. The Morgan fingerprint density at radius 1 is 1.06 bits per heavy atom. The topological polar surface area (TPSA) is 44.5 Å². The molecule has 1 aliphatic rings. The van der Waals surface area contributed by atoms with Gasteiger partial charge in [-0.05, 0) is 94.9 Å². The molecule has 2 aromatic heterocycles. The van der Waals surface area contributed by atoms with Gasteiger partial charge in [0.25, 0.3) is 0 Å². The molecular weight excluding hydrogens is 515 g/mol. The lowest BCUT2D eigenvalue weighted by Gasteiger charge is -2.26. The summed E-state index contributed by atoms with van der Waals surface area (Å²) in [5, 5.41) is 4.03. The van der Waals surface area contributed by atoms with Crippen LogP contribution in [0.4, 0.5) is 15.8 Å². The molecule has 5 rings (SSSR count). The fourth-order valence-corrected chi connectivity index (χ4v) is 5.07. The molecule has 5 nitrogen and oxygen atoms in total. The van der Waals surface area contributed by atoms with Gasteiger partial charge in [-0.1, -0.05) is 6.07 Å². The third-order valence-corrected chi connectivity index (χ3v) is 6.83. The van der Waals surface area contributed by atoms with E-state index in [1.54, 1.807) is 12.3 Å². The van der Waals surface area contributed by atoms with Gasteiger partial charge in [0.1, 0.15) is 23.4 Å². The number of rotatable bonds is 5. The van der Waals surface area contributed by atoms with Crippen LogP contribution in [0.2, 0.25) is 0 Å². The van der Waals surface area contributed by atoms with Crippen LogP contribution in [0.15, 0.2) is 87.9 Å². The number of anilines is 2. The predicted octanol–water partition coefficient (Wildman–Crippen LogP) is 6.49. The van der Waals surface area contributed by atoms with E-state index in [1.165, 1.54) is 12.1 Å². The molecule has 0 bridgehead atoms. The number of nitrogens with one attached hydrogen (secondary N) is 1. The minimum atomic E-state index is -0.310. The van der Waals surface area contributed by atoms with Crippen LogP contribution in [0.3, 0.4) is 0 Å². The molecule has 8 heteroatoms. The monoisotopic (exact) mass is 536 g/mol. The van der Waals surface area contributed by atoms with E-state index in [0.717, 1.165) is 28.4 Å². The van der Waals surface area contributed by atoms with E-state index in [0.29, 0.717) is 15.3 Å². The second-order valence-electron chi connectivity index (χ2n) is 8.23. The van der Waals surface area contributed by atoms with E-state index < -0.39 is 0 Å². The van der Waals surface area contributed by atoms with Gasteiger partial charge in [0.05, 0.1) is 11.7 Å². The molecule has 0 amide bonds. The van der Waals surface area contributed by atoms with Crippen LogP contribution in [0.25, 0.3) is 11.3 Å². The van der Waals surface area contributed by atoms with Crippen molar-refractivity contribution in [3.05, 3.63) is 101 Å². The Kier molecular flexibility index (Phi) is 6.10. The molecule has 172 valence electrons. The van der Waals surface area contributed by atoms with Gasteiger partial charge < -0.3 is 19.5 Å². The SMILES string of the molecule is CN(C)c1ccc(N2C(=S)N[C@@H](c3ccccn3)[C@H]2c2ccc(-c3ccc(F)cc3Br)o2)cc1. The van der Waals surface area contributed by atoms with Gasteiger partial charge in [0.2, 0.25) is 0 Å². The zero-order chi connectivity index (χ0) is 23.8. The molecule has 1 fully saturated rings. The van der Waals surface area contributed by atoms with E-state index in [2.05, 4.69) is 60.3 Å². The van der Waals surface area contributed by atoms with Crippen LogP contribution < -0.4 is 15.1 Å². The molecule has 34 heavy (non-hydrogen) atoms. The third-order valence-electron chi connectivity index (χ3n) is 5.86. The summed E-state index contributed by atoms with van der Waals surface area (Å²) in [6.07, 6.45) is 1.77. The van der Waals surface area contributed by atoms with E-state index in [9.17, 15) is 4.39 Å². The number of pyridine rings is 1. The summed E-state index contributed by atoms with van der Waals surface area (Å²) in [7, 11) is 4.02. The molecule has 2 aromatic carbocycles. The smallest absolute Gasteiger partial charge is 0.174 e. The van der Waals surface area contributed by atoms with E-state index in [1.807, 2.05) is 44.4 Å². The molecule has 4 aromatic rings. The predicted molar refractivity (Wildman–Crippen MR) is 141 cm³/mol. The second-order valence-corrected chi connectivity index (χ2v) is 9.47. The van der Waals surface area contributed by atoms with E-state index in [-0.39, 0.29) is 17.9 Å². The first-order chi connectivity index (χ1) is 16.4. The van der Waals surface area contributed by atoms with Crippen LogP contribution in [-0.4, -0.2) is 24.2 Å². The summed E-state index contributed by atoms with van der Waals surface area (Å²) in [4.78, 5) is 8.70. The lowest BCUT2D eigenvalue weighted by atomic mass is 10.0. The maximum absolute atomic E-state index is 13.6. The molecule has 1 aliphatic heterocycles. The van der Waals surface area contributed by atoms with Crippen LogP contribution in [0, 0.1) is 5.82 Å². The first-order valence-electron chi connectivity index (χ1n) is 10.8. The highest BCUT2D eigenvalue weighted by Crippen LogP contribution is 2.43. The lowest BCUT2D eigenvalue weighted by Crippen LogP contribution is -2.29. The normalized spacial score (nSPS) is 17.6. The first-order valence-corrected chi connectivity index (χ1v) is 12.0. The van der Waals surface area contributed by atoms with Crippen molar-refractivity contribution >= 4 is 44.6 Å². The molecular formula is C26H22BrFN4OS. The van der Waals surface area contributed by atoms with Gasteiger partial charge in [-0.2, -0.15) is 0 Å². The van der Waals surface area contributed by atoms with Crippen LogP contribution in [0.5, 0.6) is 0 Å². The largest absolute Gasteiger partial charge is 0.459 e. The Labute approximate surface area is 211 Å². The average Bonchev–Trinajstić information content (AvgIpc) is 3.44. The van der Waals surface area contributed by atoms with Gasteiger partial charge in [-0.3, -0.25) is 4.98 Å². The van der Waals surface area contributed by atoms with E-state index in [4.69, 9.17) is 16.6 Å². The Hall–Kier alpha value is -3.23. The van der Waals surface area contributed by atoms with Gasteiger partial charge >= 0.3 is 0 Å². The number of furan rings is 1. The summed E-state index contributed by atoms with van der Waals surface area (Å²) in [6, 6.07) is 22.0. The Balaban J connectivity index is 1.58. The van der Waals surface area contributed by atoms with Crippen LogP contribution >= 0.6 is 28.1 Å². The summed E-state index contributed by atoms with van der Waals surface area (Å²) >= 11 is 9.23. The molecule has 0 saturated carbocycles. The highest BCUT2D eigenvalue weighted by atomic mass is 79.9. The van der Waals surface area contributed by atoms with Gasteiger partial charge in [0.15, 0.2) is 5.11 Å². The van der Waals surface area contributed by atoms with Gasteiger partial charge in [-0.25, -0.2) is 4.39 Å². The number of thiocarbonyl (C=S) groups is 1. The zero-order valence-corrected chi connectivity index (χ0v) is 21.0. The molecule has 3 heterocycles. The second kappa shape index (κ2) is 9.19. The standard InChI is InChI=1S/C26H22BrFN4OS/c1-31(2)17-7-9-18(10-8-17)32-25(24(30-26(32)34)21-5-3-4-14-29-21)23-13-12-22(33-23)19-11-6-16(28)15-20(19)27/h3-15,24-25H,1-2H3,(H,30,34)/t24-,25+/m0/s1. The van der Waals surface area contributed by atoms with Crippen molar-refractivity contribution in [2.24, 2.45) is 0 Å². The fraction of sp³-hybridized carbons (Fsp3) is 0.154. The fourth-order valence-electron chi connectivity index (χ4n) is 4.18. The summed E-state index contributed by atoms with van der Waals surface area (Å²) < 4.78 is 20.6. The molecule has 0 radical (unpaired) electrons. The first kappa shape index (κ1) is 22.6. The maximum atomic E-state index is 13.6. The minimum Gasteiger partial charge on any atom is -0.459 e. The molecule has 0 unspecified atom stereocenters. The zero-order valence-electron chi connectivity index (χ0n) is 18.6. The maximum Gasteiger partial charge on any atom is 0.174 e. The number of benzene rings is 2. The summed E-state index contributed by atoms with van der Waals surface area (Å²) in [5.74, 6) is 1.06. The highest BCUT2D eigenvalue weighted by Gasteiger charge is 2.42. The van der Waals surface area contributed by atoms with Gasteiger partial charge in [-0.15, -0.1) is 0 Å². The van der Waals surface area contributed by atoms with Crippen molar-refractivity contribution in [3.8, 4) is 11.3 Å². The number of halogens is 2. The van der Waals surface area contributed by atoms with Crippen molar-refractivity contribution in [1.29, 1.82) is 0 Å². The molecule has 0 aliphatic carbocycles. The number of hydrogen-bond donors (Lipinski definition) is 1. The van der Waals surface area contributed by atoms with Crippen LogP contribution in [-0.2, 0) is 0 Å². The molecule has 1 saturated heterocycles. The van der Waals surface area contributed by atoms with Crippen LogP contribution in [0.1, 0.15) is 23.5 Å². The number of nitrogens with zero attached hydrogens (tertiary/aromatic N) is 3. The Morgan fingerprint density at radius 2 is 1.85 bits per heavy atom. The van der Waals surface area contributed by atoms with Gasteiger partial charge in [0, 0.05) is 41.7 Å². The Bertz CT molecular complexity index is 1330. The average molecular weight is 537 g/mol. The lowest BCUT2D eigenvalue weighted by molar-refractivity contribution is 0.439. The molecule has 1 N–H and O–H groups in total. The van der Waals surface area contributed by atoms with Crippen molar-refractivity contribution < 1.29 is 8.81 Å². The van der Waals surface area contributed by atoms with Crippen molar-refractivity contribution in [2.45, 2.75) is 12.1 Å². The summed E-state index contributed by atoms with van der Waals surface area (Å²) in [6.45, 7) is 0. The van der Waals surface area contributed by atoms with Crippen molar-refractivity contribution in [2.75, 3.05) is 23.9 Å². The van der Waals surface area contributed by atoms with Crippen molar-refractivity contribution in [3.63, 3.8) is 0 Å².